The van der Waals surface area contributed by atoms with Crippen molar-refractivity contribution < 1.29 is 14.6 Å². The van der Waals surface area contributed by atoms with Crippen LogP contribution < -0.4 is 5.32 Å². The third-order valence-electron chi connectivity index (χ3n) is 2.49. The molecule has 0 aliphatic heterocycles. The second-order valence-electron chi connectivity index (χ2n) is 3.77. The van der Waals surface area contributed by atoms with E-state index in [1.54, 1.807) is 12.1 Å². The fraction of sp³-hybridized carbons (Fsp3) is 0.500. The topological polar surface area (TPSA) is 71.5 Å². The van der Waals surface area contributed by atoms with Crippen LogP contribution in [0.15, 0.2) is 12.1 Å². The van der Waals surface area contributed by atoms with Crippen LogP contribution in [-0.4, -0.2) is 35.8 Å². The number of pyridine rings is 1. The molecule has 5 heteroatoms. The summed E-state index contributed by atoms with van der Waals surface area (Å²) in [5.41, 5.74) is 1.18. The average molecular weight is 238 g/mol. The second-order valence-corrected chi connectivity index (χ2v) is 3.77. The predicted octanol–water partition coefficient (Wildman–Crippen LogP) is 1.36. The van der Waals surface area contributed by atoms with Crippen molar-refractivity contribution in [2.24, 2.45) is 0 Å². The molecule has 0 unspecified atom stereocenters. The summed E-state index contributed by atoms with van der Waals surface area (Å²) >= 11 is 0. The number of aryl methyl sites for hydroxylation is 1. The van der Waals surface area contributed by atoms with Crippen molar-refractivity contribution in [2.75, 3.05) is 19.0 Å². The number of hydrogen-bond donors (Lipinski definition) is 2. The van der Waals surface area contributed by atoms with E-state index in [2.05, 4.69) is 15.0 Å². The van der Waals surface area contributed by atoms with Crippen LogP contribution in [0.1, 0.15) is 29.4 Å². The largest absolute Gasteiger partial charge is 0.465 e. The van der Waals surface area contributed by atoms with Crippen LogP contribution >= 0.6 is 0 Å². The Balaban J connectivity index is 3.02. The molecule has 2 N–H and O–H groups in total. The average Bonchev–Trinajstić information content (AvgIpc) is 2.35. The number of nitrogens with zero attached hydrogens (tertiary/aromatic N) is 1. The Morgan fingerprint density at radius 3 is 2.82 bits per heavy atom. The lowest BCUT2D eigenvalue weighted by molar-refractivity contribution is 0.0601. The number of carbonyl (C=O) groups is 1. The summed E-state index contributed by atoms with van der Waals surface area (Å²) in [6.45, 7) is 3.78. The van der Waals surface area contributed by atoms with E-state index in [4.69, 9.17) is 5.11 Å². The zero-order valence-electron chi connectivity index (χ0n) is 10.4. The highest BCUT2D eigenvalue weighted by molar-refractivity contribution is 5.94. The summed E-state index contributed by atoms with van der Waals surface area (Å²) in [6, 6.07) is 3.30. The Morgan fingerprint density at radius 1 is 1.59 bits per heavy atom. The molecule has 1 rings (SSSR count). The number of carbonyl (C=O) groups excluding carboxylic acids is 1. The van der Waals surface area contributed by atoms with Crippen molar-refractivity contribution in [3.8, 4) is 0 Å². The van der Waals surface area contributed by atoms with Gasteiger partial charge >= 0.3 is 5.97 Å². The number of methoxy groups -OCH3 is 1. The maximum Gasteiger partial charge on any atom is 0.341 e. The van der Waals surface area contributed by atoms with Gasteiger partial charge in [0.15, 0.2) is 0 Å². The quantitative estimate of drug-likeness (QED) is 0.758. The molecular formula is C12H18N2O3. The van der Waals surface area contributed by atoms with Crippen LogP contribution in [-0.2, 0) is 4.74 Å². The molecule has 0 saturated carbocycles. The minimum atomic E-state index is -0.437. The van der Waals surface area contributed by atoms with E-state index < -0.39 is 5.97 Å². The number of rotatable bonds is 5. The van der Waals surface area contributed by atoms with Crippen molar-refractivity contribution >= 4 is 11.8 Å². The van der Waals surface area contributed by atoms with Gasteiger partial charge in [0, 0.05) is 5.69 Å². The minimum Gasteiger partial charge on any atom is -0.465 e. The van der Waals surface area contributed by atoms with Gasteiger partial charge in [-0.3, -0.25) is 0 Å². The lowest BCUT2D eigenvalue weighted by Crippen LogP contribution is -2.25. The van der Waals surface area contributed by atoms with Gasteiger partial charge in [-0.25, -0.2) is 9.78 Å². The molecule has 0 amide bonds. The van der Waals surface area contributed by atoms with Gasteiger partial charge in [-0.15, -0.1) is 0 Å². The van der Waals surface area contributed by atoms with E-state index >= 15 is 0 Å². The molecule has 0 spiro atoms. The van der Waals surface area contributed by atoms with Crippen LogP contribution in [0.25, 0.3) is 0 Å². The number of anilines is 1. The monoisotopic (exact) mass is 238 g/mol. The van der Waals surface area contributed by atoms with Crippen LogP contribution in [0, 0.1) is 6.92 Å². The molecule has 0 aromatic carbocycles. The summed E-state index contributed by atoms with van der Waals surface area (Å²) in [5.74, 6) is 0.0190. The van der Waals surface area contributed by atoms with Crippen molar-refractivity contribution in [2.45, 2.75) is 26.3 Å². The Kier molecular flexibility index (Phi) is 4.90. The Morgan fingerprint density at radius 2 is 2.29 bits per heavy atom. The molecule has 0 aliphatic carbocycles. The van der Waals surface area contributed by atoms with E-state index in [1.165, 1.54) is 7.11 Å². The summed E-state index contributed by atoms with van der Waals surface area (Å²) in [7, 11) is 1.33. The van der Waals surface area contributed by atoms with E-state index in [9.17, 15) is 4.79 Å². The summed E-state index contributed by atoms with van der Waals surface area (Å²) in [5, 5.41) is 12.2. The number of ether oxygens (including phenoxy) is 1. The molecule has 0 fully saturated rings. The number of aliphatic hydroxyl groups is 1. The molecule has 94 valence electrons. The van der Waals surface area contributed by atoms with E-state index in [0.29, 0.717) is 11.4 Å². The first-order valence-electron chi connectivity index (χ1n) is 5.55. The molecule has 0 aliphatic rings. The minimum absolute atomic E-state index is 0.00721. The first-order chi connectivity index (χ1) is 8.12. The molecule has 0 bridgehead atoms. The first-order valence-corrected chi connectivity index (χ1v) is 5.55. The lowest BCUT2D eigenvalue weighted by Gasteiger charge is -2.17. The Hall–Kier alpha value is -1.62. The van der Waals surface area contributed by atoms with Gasteiger partial charge in [0.05, 0.1) is 19.8 Å². The van der Waals surface area contributed by atoms with E-state index in [-0.39, 0.29) is 12.6 Å². The third kappa shape index (κ3) is 3.42. The van der Waals surface area contributed by atoms with Gasteiger partial charge in [-0.2, -0.15) is 0 Å². The standard InChI is InChI=1S/C12H18N2O3/c1-4-9(7-15)14-11-10(12(16)17-3)6-5-8(2)13-11/h5-6,9,15H,4,7H2,1-3H3,(H,13,14)/t9-/m1/s1. The molecule has 1 heterocycles. The highest BCUT2D eigenvalue weighted by atomic mass is 16.5. The zero-order chi connectivity index (χ0) is 12.8. The van der Waals surface area contributed by atoms with Crippen LogP contribution in [0.5, 0.6) is 0 Å². The molecule has 0 saturated heterocycles. The lowest BCUT2D eigenvalue weighted by atomic mass is 10.2. The molecule has 1 aromatic heterocycles. The van der Waals surface area contributed by atoms with Crippen molar-refractivity contribution in [3.05, 3.63) is 23.4 Å². The molecule has 1 aromatic rings. The molecule has 0 radical (unpaired) electrons. The van der Waals surface area contributed by atoms with Gasteiger partial charge in [0.1, 0.15) is 11.4 Å². The normalized spacial score (nSPS) is 12.0. The second kappa shape index (κ2) is 6.20. The number of aromatic nitrogens is 1. The van der Waals surface area contributed by atoms with E-state index in [1.807, 2.05) is 13.8 Å². The number of aliphatic hydroxyl groups excluding tert-OH is 1. The van der Waals surface area contributed by atoms with Crippen molar-refractivity contribution in [1.82, 2.24) is 4.98 Å². The fourth-order valence-electron chi connectivity index (χ4n) is 1.41. The highest BCUT2D eigenvalue weighted by Gasteiger charge is 2.15. The molecular weight excluding hydrogens is 220 g/mol. The van der Waals surface area contributed by atoms with Crippen LogP contribution in [0.2, 0.25) is 0 Å². The number of esters is 1. The first kappa shape index (κ1) is 13.4. The van der Waals surface area contributed by atoms with E-state index in [0.717, 1.165) is 12.1 Å². The van der Waals surface area contributed by atoms with Gasteiger partial charge in [0.25, 0.3) is 0 Å². The number of nitrogens with one attached hydrogen (secondary N) is 1. The van der Waals surface area contributed by atoms with Gasteiger partial charge < -0.3 is 15.2 Å². The van der Waals surface area contributed by atoms with Crippen molar-refractivity contribution in [1.29, 1.82) is 0 Å². The van der Waals surface area contributed by atoms with Gasteiger partial charge in [-0.1, -0.05) is 6.92 Å². The van der Waals surface area contributed by atoms with Crippen LogP contribution in [0.4, 0.5) is 5.82 Å². The van der Waals surface area contributed by atoms with Gasteiger partial charge in [-0.05, 0) is 25.5 Å². The zero-order valence-corrected chi connectivity index (χ0v) is 10.4. The molecule has 5 nitrogen and oxygen atoms in total. The summed E-state index contributed by atoms with van der Waals surface area (Å²) < 4.78 is 4.68. The Labute approximate surface area is 101 Å². The SMILES string of the molecule is CC[C@H](CO)Nc1nc(C)ccc1C(=O)OC. The summed E-state index contributed by atoms with van der Waals surface area (Å²) in [6.07, 6.45) is 0.743. The highest BCUT2D eigenvalue weighted by Crippen LogP contribution is 2.16. The van der Waals surface area contributed by atoms with Gasteiger partial charge in [0.2, 0.25) is 0 Å². The summed E-state index contributed by atoms with van der Waals surface area (Å²) in [4.78, 5) is 15.8. The molecule has 1 atom stereocenters. The predicted molar refractivity (Wildman–Crippen MR) is 65.1 cm³/mol. The fourth-order valence-corrected chi connectivity index (χ4v) is 1.41. The van der Waals surface area contributed by atoms with Crippen LogP contribution in [0.3, 0.4) is 0 Å². The number of hydrogen-bond acceptors (Lipinski definition) is 5. The smallest absolute Gasteiger partial charge is 0.341 e. The van der Waals surface area contributed by atoms with Crippen molar-refractivity contribution in [3.63, 3.8) is 0 Å². The maximum atomic E-state index is 11.5. The maximum absolute atomic E-state index is 11.5. The third-order valence-corrected chi connectivity index (χ3v) is 2.49. The molecule has 17 heavy (non-hydrogen) atoms. The Bertz CT molecular complexity index is 389.